The van der Waals surface area contributed by atoms with Crippen molar-refractivity contribution in [3.63, 3.8) is 0 Å². The molecule has 10 heavy (non-hydrogen) atoms. The van der Waals surface area contributed by atoms with Crippen molar-refractivity contribution in [2.75, 3.05) is 0 Å². The van der Waals surface area contributed by atoms with Gasteiger partial charge in [-0.1, -0.05) is 25.5 Å². The van der Waals surface area contributed by atoms with E-state index in [2.05, 4.69) is 33.8 Å². The second-order valence-electron chi connectivity index (χ2n) is 3.99. The van der Waals surface area contributed by atoms with Gasteiger partial charge in [0.25, 0.3) is 0 Å². The number of hydrogen-bond acceptors (Lipinski definition) is 0. The summed E-state index contributed by atoms with van der Waals surface area (Å²) in [4.78, 5) is 0. The fraction of sp³-hybridized carbons (Fsp3) is 0.778. The zero-order chi connectivity index (χ0) is 7.94. The van der Waals surface area contributed by atoms with Gasteiger partial charge in [0.05, 0.1) is 0 Å². The Morgan fingerprint density at radius 3 is 1.90 bits per heavy atom. The first-order chi connectivity index (χ1) is 4.46. The molecule has 0 amide bonds. The molecule has 0 unspecified atom stereocenters. The minimum Gasteiger partial charge on any atom is -0.122 e. The molecule has 0 aromatic carbocycles. The van der Waals surface area contributed by atoms with Crippen molar-refractivity contribution in [3.05, 3.63) is 11.6 Å². The maximum absolute atomic E-state index is 6.04. The standard InChI is InChI=1S/C9H15Cl/c1-6(2)5-7-8(10)9(7,3)4/h5,7-8H,1-4H3/t7-,8-/m0/s1. The van der Waals surface area contributed by atoms with Crippen molar-refractivity contribution >= 4 is 11.6 Å². The lowest BCUT2D eigenvalue weighted by atomic mass is 10.1. The molecule has 0 spiro atoms. The van der Waals surface area contributed by atoms with E-state index in [1.807, 2.05) is 0 Å². The molecule has 0 radical (unpaired) electrons. The molecule has 0 aliphatic heterocycles. The molecule has 1 aliphatic rings. The van der Waals surface area contributed by atoms with Gasteiger partial charge < -0.3 is 0 Å². The lowest BCUT2D eigenvalue weighted by Crippen LogP contribution is -1.88. The fourth-order valence-corrected chi connectivity index (χ4v) is 1.74. The molecule has 0 nitrogen and oxygen atoms in total. The van der Waals surface area contributed by atoms with Gasteiger partial charge in [-0.2, -0.15) is 0 Å². The molecule has 58 valence electrons. The Bertz CT molecular complexity index is 164. The number of rotatable bonds is 1. The first-order valence-corrected chi connectivity index (χ1v) is 4.19. The number of alkyl halides is 1. The third-order valence-electron chi connectivity index (χ3n) is 2.29. The summed E-state index contributed by atoms with van der Waals surface area (Å²) in [7, 11) is 0. The van der Waals surface area contributed by atoms with E-state index in [9.17, 15) is 0 Å². The van der Waals surface area contributed by atoms with Gasteiger partial charge >= 0.3 is 0 Å². The summed E-state index contributed by atoms with van der Waals surface area (Å²) in [5, 5.41) is 0.363. The second kappa shape index (κ2) is 2.27. The topological polar surface area (TPSA) is 0 Å². The molecular weight excluding hydrogens is 144 g/mol. The van der Waals surface area contributed by atoms with Crippen molar-refractivity contribution in [1.82, 2.24) is 0 Å². The summed E-state index contributed by atoms with van der Waals surface area (Å²) < 4.78 is 0. The van der Waals surface area contributed by atoms with E-state index in [0.717, 1.165) is 0 Å². The quantitative estimate of drug-likeness (QED) is 0.406. The predicted molar refractivity (Wildman–Crippen MR) is 46.3 cm³/mol. The highest BCUT2D eigenvalue weighted by Crippen LogP contribution is 2.56. The van der Waals surface area contributed by atoms with Crippen molar-refractivity contribution < 1.29 is 0 Å². The first kappa shape index (κ1) is 8.13. The smallest absolute Gasteiger partial charge is 0.0461 e. The minimum atomic E-state index is 0.346. The Morgan fingerprint density at radius 2 is 1.80 bits per heavy atom. The van der Waals surface area contributed by atoms with Gasteiger partial charge in [0.2, 0.25) is 0 Å². The molecule has 0 N–H and O–H groups in total. The van der Waals surface area contributed by atoms with E-state index in [4.69, 9.17) is 11.6 Å². The van der Waals surface area contributed by atoms with Crippen molar-refractivity contribution in [1.29, 1.82) is 0 Å². The van der Waals surface area contributed by atoms with Crippen LogP contribution in [0, 0.1) is 11.3 Å². The van der Waals surface area contributed by atoms with Crippen LogP contribution in [0.4, 0.5) is 0 Å². The SMILES string of the molecule is CC(C)=C[C@H]1[C@H](Cl)C1(C)C. The van der Waals surface area contributed by atoms with Gasteiger partial charge in [0.15, 0.2) is 0 Å². The average molecular weight is 159 g/mol. The maximum Gasteiger partial charge on any atom is 0.0461 e. The van der Waals surface area contributed by atoms with Crippen LogP contribution in [0.2, 0.25) is 0 Å². The number of halogens is 1. The molecule has 0 aromatic rings. The van der Waals surface area contributed by atoms with Crippen molar-refractivity contribution in [2.45, 2.75) is 33.1 Å². The van der Waals surface area contributed by atoms with E-state index in [1.165, 1.54) is 5.57 Å². The maximum atomic E-state index is 6.04. The lowest BCUT2D eigenvalue weighted by molar-refractivity contribution is 0.610. The van der Waals surface area contributed by atoms with Crippen LogP contribution in [0.1, 0.15) is 27.7 Å². The highest BCUT2D eigenvalue weighted by atomic mass is 35.5. The molecule has 1 aliphatic carbocycles. The number of allylic oxidation sites excluding steroid dienone is 2. The van der Waals surface area contributed by atoms with E-state index in [0.29, 0.717) is 16.7 Å². The average Bonchev–Trinajstić information content (AvgIpc) is 2.17. The van der Waals surface area contributed by atoms with Crippen LogP contribution in [-0.4, -0.2) is 5.38 Å². The summed E-state index contributed by atoms with van der Waals surface area (Å²) >= 11 is 6.04. The molecule has 1 saturated carbocycles. The van der Waals surface area contributed by atoms with Crippen LogP contribution in [0.3, 0.4) is 0 Å². The highest BCUT2D eigenvalue weighted by Gasteiger charge is 2.55. The largest absolute Gasteiger partial charge is 0.122 e. The molecule has 0 bridgehead atoms. The molecule has 1 fully saturated rings. The van der Waals surface area contributed by atoms with Crippen LogP contribution in [0.15, 0.2) is 11.6 Å². The molecular formula is C9H15Cl. The lowest BCUT2D eigenvalue weighted by Gasteiger charge is -1.95. The molecule has 0 saturated heterocycles. The molecule has 1 heteroatoms. The Hall–Kier alpha value is 0.0300. The number of hydrogen-bond donors (Lipinski definition) is 0. The monoisotopic (exact) mass is 158 g/mol. The normalized spacial score (nSPS) is 35.3. The Labute approximate surface area is 68.3 Å². The molecule has 2 atom stereocenters. The van der Waals surface area contributed by atoms with Gasteiger partial charge in [-0.3, -0.25) is 0 Å². The van der Waals surface area contributed by atoms with Crippen molar-refractivity contribution in [2.24, 2.45) is 11.3 Å². The summed E-state index contributed by atoms with van der Waals surface area (Å²) in [6, 6.07) is 0. The van der Waals surface area contributed by atoms with E-state index >= 15 is 0 Å². The third-order valence-corrected chi connectivity index (χ3v) is 3.12. The van der Waals surface area contributed by atoms with E-state index < -0.39 is 0 Å². The van der Waals surface area contributed by atoms with Gasteiger partial charge in [0.1, 0.15) is 0 Å². The summed E-state index contributed by atoms with van der Waals surface area (Å²) in [6.45, 7) is 8.68. The van der Waals surface area contributed by atoms with E-state index in [-0.39, 0.29) is 0 Å². The van der Waals surface area contributed by atoms with Crippen LogP contribution in [-0.2, 0) is 0 Å². The Morgan fingerprint density at radius 1 is 1.40 bits per heavy atom. The minimum absolute atomic E-state index is 0.346. The molecule has 0 aromatic heterocycles. The zero-order valence-corrected chi connectivity index (χ0v) is 7.87. The summed E-state index contributed by atoms with van der Waals surface area (Å²) in [5.41, 5.74) is 1.72. The summed E-state index contributed by atoms with van der Waals surface area (Å²) in [5.74, 6) is 0.610. The Kier molecular flexibility index (Phi) is 1.84. The second-order valence-corrected chi connectivity index (χ2v) is 4.46. The van der Waals surface area contributed by atoms with Crippen LogP contribution in [0.25, 0.3) is 0 Å². The van der Waals surface area contributed by atoms with Crippen LogP contribution in [0.5, 0.6) is 0 Å². The Balaban J connectivity index is 2.58. The van der Waals surface area contributed by atoms with E-state index in [1.54, 1.807) is 0 Å². The van der Waals surface area contributed by atoms with Gasteiger partial charge in [-0.25, -0.2) is 0 Å². The fourth-order valence-electron chi connectivity index (χ4n) is 1.27. The zero-order valence-electron chi connectivity index (χ0n) is 7.11. The van der Waals surface area contributed by atoms with Crippen LogP contribution >= 0.6 is 11.6 Å². The predicted octanol–water partition coefficient (Wildman–Crippen LogP) is 3.22. The molecule has 1 rings (SSSR count). The first-order valence-electron chi connectivity index (χ1n) is 3.75. The van der Waals surface area contributed by atoms with Gasteiger partial charge in [0, 0.05) is 11.3 Å². The van der Waals surface area contributed by atoms with Crippen LogP contribution < -0.4 is 0 Å². The third kappa shape index (κ3) is 1.22. The van der Waals surface area contributed by atoms with Crippen molar-refractivity contribution in [3.8, 4) is 0 Å². The van der Waals surface area contributed by atoms with Gasteiger partial charge in [-0.05, 0) is 19.3 Å². The highest BCUT2D eigenvalue weighted by molar-refractivity contribution is 6.23. The van der Waals surface area contributed by atoms with Gasteiger partial charge in [-0.15, -0.1) is 11.6 Å². The molecule has 0 heterocycles. The summed E-state index contributed by atoms with van der Waals surface area (Å²) in [6.07, 6.45) is 2.28.